The van der Waals surface area contributed by atoms with Gasteiger partial charge >= 0.3 is 0 Å². The van der Waals surface area contributed by atoms with E-state index in [1.165, 1.54) is 31.4 Å². The summed E-state index contributed by atoms with van der Waals surface area (Å²) in [7, 11) is 0. The van der Waals surface area contributed by atoms with Crippen molar-refractivity contribution in [2.24, 2.45) is 5.73 Å². The largest absolute Gasteiger partial charge is 0.390 e. The van der Waals surface area contributed by atoms with Crippen LogP contribution in [0.4, 0.5) is 8.78 Å². The minimum atomic E-state index is -0.724. The summed E-state index contributed by atoms with van der Waals surface area (Å²) in [5.41, 5.74) is 6.40. The predicted molar refractivity (Wildman–Crippen MR) is 78.9 cm³/mol. The highest BCUT2D eigenvalue weighted by Gasteiger charge is 2.19. The normalized spacial score (nSPS) is 19.4. The van der Waals surface area contributed by atoms with Gasteiger partial charge in [-0.3, -0.25) is 0 Å². The van der Waals surface area contributed by atoms with Crippen molar-refractivity contribution in [1.29, 1.82) is 0 Å². The van der Waals surface area contributed by atoms with Gasteiger partial charge in [0.25, 0.3) is 0 Å². The second-order valence-electron chi connectivity index (χ2n) is 5.96. The highest BCUT2D eigenvalue weighted by atomic mass is 19.1. The Labute approximate surface area is 124 Å². The van der Waals surface area contributed by atoms with Gasteiger partial charge in [0.15, 0.2) is 0 Å². The molecule has 2 atom stereocenters. The first-order valence-corrected chi connectivity index (χ1v) is 7.66. The lowest BCUT2D eigenvalue weighted by Gasteiger charge is -2.26. The van der Waals surface area contributed by atoms with Crippen molar-refractivity contribution in [3.63, 3.8) is 0 Å². The maximum absolute atomic E-state index is 13.1. The molecule has 0 aliphatic heterocycles. The molecule has 21 heavy (non-hydrogen) atoms. The van der Waals surface area contributed by atoms with Gasteiger partial charge in [0.2, 0.25) is 0 Å². The lowest BCUT2D eigenvalue weighted by molar-refractivity contribution is 0.135. The molecule has 1 saturated carbocycles. The van der Waals surface area contributed by atoms with E-state index < -0.39 is 23.8 Å². The quantitative estimate of drug-likeness (QED) is 0.754. The van der Waals surface area contributed by atoms with Gasteiger partial charge in [0.1, 0.15) is 11.6 Å². The van der Waals surface area contributed by atoms with Gasteiger partial charge < -0.3 is 16.2 Å². The van der Waals surface area contributed by atoms with E-state index in [9.17, 15) is 13.9 Å². The van der Waals surface area contributed by atoms with Crippen molar-refractivity contribution < 1.29 is 13.9 Å². The summed E-state index contributed by atoms with van der Waals surface area (Å²) in [6, 6.07) is 3.25. The first kappa shape index (κ1) is 16.3. The van der Waals surface area contributed by atoms with Gasteiger partial charge in [0, 0.05) is 24.7 Å². The van der Waals surface area contributed by atoms with Gasteiger partial charge in [0.05, 0.1) is 6.10 Å². The number of rotatable bonds is 6. The fraction of sp³-hybridized carbons (Fsp3) is 0.625. The summed E-state index contributed by atoms with van der Waals surface area (Å²) >= 11 is 0. The summed E-state index contributed by atoms with van der Waals surface area (Å²) < 4.78 is 26.2. The lowest BCUT2D eigenvalue weighted by Crippen LogP contribution is -2.46. The molecule has 1 aromatic carbocycles. The van der Waals surface area contributed by atoms with Crippen LogP contribution in [0.1, 0.15) is 37.7 Å². The third-order valence-electron chi connectivity index (χ3n) is 4.11. The highest BCUT2D eigenvalue weighted by Crippen LogP contribution is 2.17. The van der Waals surface area contributed by atoms with E-state index in [0.717, 1.165) is 18.9 Å². The van der Waals surface area contributed by atoms with E-state index in [1.807, 2.05) is 0 Å². The van der Waals surface area contributed by atoms with E-state index >= 15 is 0 Å². The zero-order valence-electron chi connectivity index (χ0n) is 12.2. The Bertz CT molecular complexity index is 430. The van der Waals surface area contributed by atoms with Crippen molar-refractivity contribution in [2.75, 3.05) is 6.54 Å². The monoisotopic (exact) mass is 298 g/mol. The maximum Gasteiger partial charge on any atom is 0.126 e. The van der Waals surface area contributed by atoms with Crippen molar-refractivity contribution in [2.45, 2.75) is 56.7 Å². The molecule has 2 rings (SSSR count). The van der Waals surface area contributed by atoms with Crippen LogP contribution in [0.3, 0.4) is 0 Å². The number of nitrogens with two attached hydrogens (primary N) is 1. The van der Waals surface area contributed by atoms with Crippen molar-refractivity contribution in [3.8, 4) is 0 Å². The summed E-state index contributed by atoms with van der Waals surface area (Å²) in [5, 5.41) is 13.4. The van der Waals surface area contributed by atoms with Crippen LogP contribution < -0.4 is 11.1 Å². The molecule has 1 aliphatic rings. The zero-order chi connectivity index (χ0) is 15.2. The van der Waals surface area contributed by atoms with Crippen LogP contribution in [0.2, 0.25) is 0 Å². The van der Waals surface area contributed by atoms with Crippen molar-refractivity contribution in [3.05, 3.63) is 35.4 Å². The maximum atomic E-state index is 13.1. The summed E-state index contributed by atoms with van der Waals surface area (Å²) in [6.07, 6.45) is 5.53. The molecule has 5 heteroatoms. The van der Waals surface area contributed by atoms with E-state index in [4.69, 9.17) is 5.73 Å². The molecule has 0 heterocycles. The van der Waals surface area contributed by atoms with Crippen LogP contribution >= 0.6 is 0 Å². The van der Waals surface area contributed by atoms with E-state index in [2.05, 4.69) is 5.32 Å². The molecular formula is C16H24F2N2O. The Balaban J connectivity index is 1.79. The zero-order valence-corrected chi connectivity index (χ0v) is 12.2. The van der Waals surface area contributed by atoms with Crippen LogP contribution in [0.15, 0.2) is 18.2 Å². The summed E-state index contributed by atoms with van der Waals surface area (Å²) in [6.45, 7) is 0.420. The van der Waals surface area contributed by atoms with Gasteiger partial charge in [-0.1, -0.05) is 19.3 Å². The van der Waals surface area contributed by atoms with Gasteiger partial charge in [-0.25, -0.2) is 8.78 Å². The number of hydrogen-bond acceptors (Lipinski definition) is 3. The van der Waals surface area contributed by atoms with Gasteiger partial charge in [-0.15, -0.1) is 0 Å². The topological polar surface area (TPSA) is 58.3 Å². The van der Waals surface area contributed by atoms with Gasteiger partial charge in [-0.05, 0) is 37.0 Å². The second kappa shape index (κ2) is 7.82. The molecule has 0 bridgehead atoms. The molecule has 118 valence electrons. The highest BCUT2D eigenvalue weighted by molar-refractivity contribution is 5.19. The number of aliphatic hydroxyl groups is 1. The molecule has 0 saturated heterocycles. The third-order valence-corrected chi connectivity index (χ3v) is 4.11. The number of benzene rings is 1. The molecule has 0 radical (unpaired) electrons. The molecule has 0 spiro atoms. The van der Waals surface area contributed by atoms with Crippen LogP contribution in [0.25, 0.3) is 0 Å². The van der Waals surface area contributed by atoms with E-state index in [-0.39, 0.29) is 6.42 Å². The second-order valence-corrected chi connectivity index (χ2v) is 5.96. The van der Waals surface area contributed by atoms with E-state index in [0.29, 0.717) is 18.2 Å². The summed E-state index contributed by atoms with van der Waals surface area (Å²) in [4.78, 5) is 0. The Hall–Kier alpha value is -1.04. The average Bonchev–Trinajstić information content (AvgIpc) is 2.44. The predicted octanol–water partition coefficient (Wildman–Crippen LogP) is 2.12. The van der Waals surface area contributed by atoms with E-state index in [1.54, 1.807) is 0 Å². The molecule has 0 aromatic heterocycles. The van der Waals surface area contributed by atoms with Crippen LogP contribution in [0.5, 0.6) is 0 Å². The third kappa shape index (κ3) is 5.34. The molecule has 3 nitrogen and oxygen atoms in total. The average molecular weight is 298 g/mol. The number of hydrogen-bond donors (Lipinski definition) is 3. The Morgan fingerprint density at radius 3 is 2.38 bits per heavy atom. The fourth-order valence-electron chi connectivity index (χ4n) is 2.88. The molecule has 1 aliphatic carbocycles. The Morgan fingerprint density at radius 2 is 1.76 bits per heavy atom. The fourth-order valence-corrected chi connectivity index (χ4v) is 2.88. The SMILES string of the molecule is N[C@@H](Cc1cc(F)cc(F)c1)[C@H](O)CNC1CCCCC1. The summed E-state index contributed by atoms with van der Waals surface area (Å²) in [5.74, 6) is -1.24. The molecule has 0 unspecified atom stereocenters. The molecular weight excluding hydrogens is 274 g/mol. The standard InChI is InChI=1S/C16H24F2N2O/c17-12-6-11(7-13(18)9-12)8-15(19)16(21)10-20-14-4-2-1-3-5-14/h6-7,9,14-16,20-21H,1-5,8,10,19H2/t15-,16+/m0/s1. The number of halogens is 2. The molecule has 1 aromatic rings. The van der Waals surface area contributed by atoms with Crippen LogP contribution in [0, 0.1) is 11.6 Å². The van der Waals surface area contributed by atoms with Crippen LogP contribution in [-0.2, 0) is 6.42 Å². The van der Waals surface area contributed by atoms with Crippen molar-refractivity contribution >= 4 is 0 Å². The molecule has 0 amide bonds. The minimum absolute atomic E-state index is 0.252. The smallest absolute Gasteiger partial charge is 0.126 e. The first-order valence-electron chi connectivity index (χ1n) is 7.66. The number of nitrogens with one attached hydrogen (secondary N) is 1. The number of aliphatic hydroxyl groups excluding tert-OH is 1. The lowest BCUT2D eigenvalue weighted by atomic mass is 9.95. The molecule has 4 N–H and O–H groups in total. The molecule has 1 fully saturated rings. The first-order chi connectivity index (χ1) is 10.0. The Kier molecular flexibility index (Phi) is 6.08. The van der Waals surface area contributed by atoms with Crippen LogP contribution in [-0.4, -0.2) is 29.8 Å². The van der Waals surface area contributed by atoms with Gasteiger partial charge in [-0.2, -0.15) is 0 Å². The minimum Gasteiger partial charge on any atom is -0.390 e. The van der Waals surface area contributed by atoms with Crippen molar-refractivity contribution in [1.82, 2.24) is 5.32 Å². The Morgan fingerprint density at radius 1 is 1.14 bits per heavy atom.